The van der Waals surface area contributed by atoms with E-state index >= 15 is 4.39 Å². The zero-order valence-corrected chi connectivity index (χ0v) is 21.7. The fraction of sp³-hybridized carbons (Fsp3) is 0.423. The highest BCUT2D eigenvalue weighted by Gasteiger charge is 2.48. The van der Waals surface area contributed by atoms with Gasteiger partial charge >= 0.3 is 0 Å². The van der Waals surface area contributed by atoms with E-state index in [2.05, 4.69) is 25.4 Å². The summed E-state index contributed by atoms with van der Waals surface area (Å²) < 4.78 is 39.4. The first kappa shape index (κ1) is 24.7. The van der Waals surface area contributed by atoms with E-state index in [-0.39, 0.29) is 37.2 Å². The summed E-state index contributed by atoms with van der Waals surface area (Å²) in [6.07, 6.45) is 3.12. The molecule has 5 atom stereocenters. The molecule has 1 aliphatic carbocycles. The normalized spacial score (nSPS) is 25.8. The maximum atomic E-state index is 15.4. The number of H-pyrrole nitrogens is 1. The summed E-state index contributed by atoms with van der Waals surface area (Å²) in [5, 5.41) is 17.9. The van der Waals surface area contributed by atoms with Gasteiger partial charge in [0.2, 0.25) is 0 Å². The fourth-order valence-electron chi connectivity index (χ4n) is 5.65. The van der Waals surface area contributed by atoms with Gasteiger partial charge in [-0.2, -0.15) is 10.1 Å². The topological polar surface area (TPSA) is 129 Å². The molecule has 13 heteroatoms. The molecule has 2 fully saturated rings. The van der Waals surface area contributed by atoms with Gasteiger partial charge in [-0.3, -0.25) is 4.98 Å². The molecule has 0 radical (unpaired) electrons. The van der Waals surface area contributed by atoms with E-state index in [1.165, 1.54) is 6.07 Å². The summed E-state index contributed by atoms with van der Waals surface area (Å²) in [5.74, 6) is 0.135. The highest BCUT2D eigenvalue weighted by atomic mass is 35.5. The molecule has 7 rings (SSSR count). The van der Waals surface area contributed by atoms with Gasteiger partial charge in [0.05, 0.1) is 30.5 Å². The lowest BCUT2D eigenvalue weighted by Crippen LogP contribution is -2.34. The number of imidazole rings is 1. The minimum atomic E-state index is -0.662. The summed E-state index contributed by atoms with van der Waals surface area (Å²) in [6, 6.07) is 5.20. The molecule has 3 aromatic heterocycles. The number of methoxy groups -OCH3 is 1. The molecular weight excluding hydrogens is 531 g/mol. The van der Waals surface area contributed by atoms with E-state index in [1.807, 2.05) is 12.3 Å². The number of hydrogen-bond donors (Lipinski definition) is 3. The lowest BCUT2D eigenvalue weighted by Gasteiger charge is -2.17. The first-order valence-electron chi connectivity index (χ1n) is 12.7. The standard InChI is InChI=1S/C26H26ClFN6O5/c1-36-11-34-8-14(7-29-34)13-4-12-2-3-17(21(12)16(28)5-13)30-24-15(27)6-18-25(32-24)33-26(31-18)39-20-10-38-22-19(35)9-37-23(20)22/h4-8,17,19-20,22-23,35H,2-3,9-11H2,1H3,(H2,30,31,32,33)/t17-,19+,20+,22+,23+/m0/s1. The second-order valence-electron chi connectivity index (χ2n) is 10.0. The molecule has 11 nitrogen and oxygen atoms in total. The molecule has 0 saturated carbocycles. The Morgan fingerprint density at radius 1 is 1.21 bits per heavy atom. The summed E-state index contributed by atoms with van der Waals surface area (Å²) in [6.45, 7) is 0.830. The average Bonchev–Trinajstić information content (AvgIpc) is 3.72. The highest BCUT2D eigenvalue weighted by Crippen LogP contribution is 2.39. The van der Waals surface area contributed by atoms with Crippen LogP contribution in [0.15, 0.2) is 30.6 Å². The van der Waals surface area contributed by atoms with Crippen molar-refractivity contribution < 1.29 is 28.4 Å². The first-order chi connectivity index (χ1) is 19.0. The van der Waals surface area contributed by atoms with Gasteiger partial charge in [0, 0.05) is 24.4 Å². The Balaban J connectivity index is 1.10. The molecular formula is C26H26ClFN6O5. The van der Waals surface area contributed by atoms with Gasteiger partial charge in [-0.15, -0.1) is 0 Å². The van der Waals surface area contributed by atoms with E-state index in [9.17, 15) is 5.11 Å². The molecule has 0 bridgehead atoms. The quantitative estimate of drug-likeness (QED) is 0.314. The SMILES string of the molecule is COCn1cc(-c2cc(F)c3c(c2)CC[C@@H]3Nc2nc3[nH]c(O[C@@H]4CO[C@H]5[C@@H]4OC[C@H]5O)nc3cc2Cl)cn1. The summed E-state index contributed by atoms with van der Waals surface area (Å²) >= 11 is 6.55. The van der Waals surface area contributed by atoms with E-state index in [4.69, 9.17) is 30.5 Å². The lowest BCUT2D eigenvalue weighted by molar-refractivity contribution is 0.00706. The van der Waals surface area contributed by atoms with E-state index in [0.717, 1.165) is 16.7 Å². The maximum Gasteiger partial charge on any atom is 0.296 e. The van der Waals surface area contributed by atoms with E-state index in [1.54, 1.807) is 24.1 Å². The van der Waals surface area contributed by atoms with Crippen molar-refractivity contribution in [1.29, 1.82) is 0 Å². The fourth-order valence-corrected chi connectivity index (χ4v) is 5.85. The van der Waals surface area contributed by atoms with Crippen LogP contribution in [0.25, 0.3) is 22.3 Å². The van der Waals surface area contributed by atoms with Crippen molar-refractivity contribution in [3.05, 3.63) is 52.6 Å². The van der Waals surface area contributed by atoms with Crippen LogP contribution < -0.4 is 10.1 Å². The van der Waals surface area contributed by atoms with Crippen molar-refractivity contribution in [3.8, 4) is 17.1 Å². The number of aryl methyl sites for hydroxylation is 1. The summed E-state index contributed by atoms with van der Waals surface area (Å²) in [5.41, 5.74) is 4.15. The van der Waals surface area contributed by atoms with Gasteiger partial charge in [0.1, 0.15) is 42.2 Å². The summed E-state index contributed by atoms with van der Waals surface area (Å²) in [4.78, 5) is 12.1. The molecule has 0 amide bonds. The number of pyridine rings is 1. The number of nitrogens with one attached hydrogen (secondary N) is 2. The van der Waals surface area contributed by atoms with Gasteiger partial charge in [-0.1, -0.05) is 17.7 Å². The van der Waals surface area contributed by atoms with Crippen LogP contribution in [0.5, 0.6) is 6.01 Å². The van der Waals surface area contributed by atoms with Crippen LogP contribution in [0, 0.1) is 5.82 Å². The van der Waals surface area contributed by atoms with Gasteiger partial charge in [-0.25, -0.2) is 14.1 Å². The van der Waals surface area contributed by atoms with Crippen molar-refractivity contribution in [2.75, 3.05) is 25.6 Å². The van der Waals surface area contributed by atoms with Crippen LogP contribution in [0.4, 0.5) is 10.2 Å². The van der Waals surface area contributed by atoms with Gasteiger partial charge in [0.15, 0.2) is 11.8 Å². The molecule has 0 unspecified atom stereocenters. The van der Waals surface area contributed by atoms with Crippen molar-refractivity contribution in [1.82, 2.24) is 24.7 Å². The van der Waals surface area contributed by atoms with E-state index < -0.39 is 18.3 Å². The van der Waals surface area contributed by atoms with Gasteiger partial charge in [0.25, 0.3) is 6.01 Å². The smallest absolute Gasteiger partial charge is 0.296 e. The van der Waals surface area contributed by atoms with Crippen LogP contribution in [0.1, 0.15) is 23.6 Å². The zero-order valence-electron chi connectivity index (χ0n) is 20.9. The van der Waals surface area contributed by atoms with Crippen molar-refractivity contribution in [2.45, 2.75) is 50.0 Å². The third-order valence-corrected chi connectivity index (χ3v) is 7.74. The van der Waals surface area contributed by atoms with Crippen molar-refractivity contribution >= 4 is 28.6 Å². The number of ether oxygens (including phenoxy) is 4. The number of nitrogens with zero attached hydrogens (tertiary/aromatic N) is 4. The molecule has 5 heterocycles. The molecule has 2 saturated heterocycles. The van der Waals surface area contributed by atoms with Crippen LogP contribution >= 0.6 is 11.6 Å². The molecule has 2 aliphatic heterocycles. The molecule has 4 aromatic rings. The summed E-state index contributed by atoms with van der Waals surface area (Å²) in [7, 11) is 1.60. The number of hydrogen-bond acceptors (Lipinski definition) is 9. The lowest BCUT2D eigenvalue weighted by atomic mass is 10.0. The predicted octanol–water partition coefficient (Wildman–Crippen LogP) is 3.22. The Bertz CT molecular complexity index is 1540. The number of benzene rings is 1. The number of rotatable bonds is 7. The van der Waals surface area contributed by atoms with Crippen LogP contribution in [0.3, 0.4) is 0 Å². The third kappa shape index (κ3) is 4.42. The minimum Gasteiger partial charge on any atom is -0.456 e. The molecule has 3 aliphatic rings. The van der Waals surface area contributed by atoms with Gasteiger partial charge < -0.3 is 29.4 Å². The Hall–Kier alpha value is -3.29. The Morgan fingerprint density at radius 3 is 2.95 bits per heavy atom. The Labute approximate surface area is 227 Å². The first-order valence-corrected chi connectivity index (χ1v) is 13.1. The number of aliphatic hydroxyl groups excluding tert-OH is 1. The van der Waals surface area contributed by atoms with Crippen molar-refractivity contribution in [3.63, 3.8) is 0 Å². The highest BCUT2D eigenvalue weighted by molar-refractivity contribution is 6.33. The number of halogens is 2. The number of aliphatic hydroxyl groups is 1. The van der Waals surface area contributed by atoms with Crippen molar-refractivity contribution in [2.24, 2.45) is 0 Å². The van der Waals surface area contributed by atoms with Crippen LogP contribution in [-0.4, -0.2) is 74.6 Å². The third-order valence-electron chi connectivity index (χ3n) is 7.45. The number of anilines is 1. The van der Waals surface area contributed by atoms with Crippen LogP contribution in [0.2, 0.25) is 5.02 Å². The molecule has 204 valence electrons. The zero-order chi connectivity index (χ0) is 26.7. The monoisotopic (exact) mass is 556 g/mol. The minimum absolute atomic E-state index is 0.215. The maximum absolute atomic E-state index is 15.4. The largest absolute Gasteiger partial charge is 0.456 e. The molecule has 1 aromatic carbocycles. The average molecular weight is 557 g/mol. The molecule has 39 heavy (non-hydrogen) atoms. The second-order valence-corrected chi connectivity index (χ2v) is 10.4. The van der Waals surface area contributed by atoms with E-state index in [0.29, 0.717) is 47.1 Å². The number of aromatic amines is 1. The Morgan fingerprint density at radius 2 is 2.08 bits per heavy atom. The van der Waals surface area contributed by atoms with Crippen LogP contribution in [-0.2, 0) is 27.4 Å². The van der Waals surface area contributed by atoms with Gasteiger partial charge in [-0.05, 0) is 36.1 Å². The number of fused-ring (bicyclic) bond motifs is 3. The number of aromatic nitrogens is 5. The molecule has 3 N–H and O–H groups in total. The second kappa shape index (κ2) is 9.72. The predicted molar refractivity (Wildman–Crippen MR) is 138 cm³/mol. The molecule has 0 spiro atoms. The Kier molecular flexibility index (Phi) is 6.16.